The second-order valence-electron chi connectivity index (χ2n) is 6.05. The topological polar surface area (TPSA) is 60.5 Å². The number of pyridine rings is 1. The third-order valence-electron chi connectivity index (χ3n) is 4.15. The lowest BCUT2D eigenvalue weighted by Gasteiger charge is -2.12. The summed E-state index contributed by atoms with van der Waals surface area (Å²) in [4.78, 5) is 16.7. The zero-order valence-corrected chi connectivity index (χ0v) is 14.1. The molecule has 1 amide bonds. The Labute approximate surface area is 151 Å². The zero-order valence-electron chi connectivity index (χ0n) is 14.1. The van der Waals surface area contributed by atoms with Crippen molar-refractivity contribution >= 4 is 11.6 Å². The fourth-order valence-electron chi connectivity index (χ4n) is 2.86. The summed E-state index contributed by atoms with van der Waals surface area (Å²) in [5, 5.41) is 2.90. The minimum Gasteiger partial charge on any atom is -0.487 e. The van der Waals surface area contributed by atoms with Gasteiger partial charge in [0, 0.05) is 24.4 Å². The number of carbonyl (C=O) groups is 1. The van der Waals surface area contributed by atoms with Crippen LogP contribution in [-0.2, 0) is 17.8 Å². The number of benzene rings is 2. The highest BCUT2D eigenvalue weighted by Gasteiger charge is 2.28. The van der Waals surface area contributed by atoms with Gasteiger partial charge in [0.05, 0.1) is 5.69 Å². The number of carbonyl (C=O) groups excluding carboxylic acids is 1. The van der Waals surface area contributed by atoms with Gasteiger partial charge in [-0.3, -0.25) is 9.78 Å². The van der Waals surface area contributed by atoms with Crippen LogP contribution in [0, 0.1) is 0 Å². The van der Waals surface area contributed by atoms with Crippen molar-refractivity contribution in [2.24, 2.45) is 0 Å². The van der Waals surface area contributed by atoms with E-state index in [1.165, 1.54) is 0 Å². The highest BCUT2D eigenvalue weighted by molar-refractivity contribution is 5.95. The van der Waals surface area contributed by atoms with Gasteiger partial charge in [0.25, 0.3) is 5.91 Å². The van der Waals surface area contributed by atoms with E-state index in [1.807, 2.05) is 60.7 Å². The standard InChI is InChI=1S/C21H18N2O3/c24-21(20-12-15-6-1-2-10-19(15)26-20)23-16-8-5-9-18(13-16)25-14-17-7-3-4-11-22-17/h1-11,13,20H,12,14H2,(H,23,24)/t20-/m0/s1. The first-order chi connectivity index (χ1) is 12.8. The molecule has 1 aliphatic rings. The monoisotopic (exact) mass is 346 g/mol. The van der Waals surface area contributed by atoms with Crippen molar-refractivity contribution in [1.82, 2.24) is 4.98 Å². The first-order valence-corrected chi connectivity index (χ1v) is 8.46. The van der Waals surface area contributed by atoms with Gasteiger partial charge in [-0.05, 0) is 35.9 Å². The van der Waals surface area contributed by atoms with E-state index in [4.69, 9.17) is 9.47 Å². The number of rotatable bonds is 5. The first-order valence-electron chi connectivity index (χ1n) is 8.46. The summed E-state index contributed by atoms with van der Waals surface area (Å²) in [5.41, 5.74) is 2.58. The molecule has 2 heterocycles. The number of hydrogen-bond donors (Lipinski definition) is 1. The molecule has 4 rings (SSSR count). The average Bonchev–Trinajstić information content (AvgIpc) is 3.12. The van der Waals surface area contributed by atoms with Crippen LogP contribution in [-0.4, -0.2) is 17.0 Å². The number of ether oxygens (including phenoxy) is 2. The van der Waals surface area contributed by atoms with E-state index in [9.17, 15) is 4.79 Å². The highest BCUT2D eigenvalue weighted by Crippen LogP contribution is 2.29. The second-order valence-corrected chi connectivity index (χ2v) is 6.05. The van der Waals surface area contributed by atoms with Crippen LogP contribution in [0.3, 0.4) is 0 Å². The smallest absolute Gasteiger partial charge is 0.265 e. The number of amides is 1. The van der Waals surface area contributed by atoms with Gasteiger partial charge in [-0.2, -0.15) is 0 Å². The van der Waals surface area contributed by atoms with Crippen LogP contribution < -0.4 is 14.8 Å². The molecule has 0 radical (unpaired) electrons. The van der Waals surface area contributed by atoms with Crippen LogP contribution in [0.4, 0.5) is 5.69 Å². The fourth-order valence-corrected chi connectivity index (χ4v) is 2.86. The maximum atomic E-state index is 12.5. The van der Waals surface area contributed by atoms with Crippen molar-refractivity contribution in [1.29, 1.82) is 0 Å². The summed E-state index contributed by atoms with van der Waals surface area (Å²) < 4.78 is 11.5. The largest absolute Gasteiger partial charge is 0.487 e. The molecule has 0 saturated carbocycles. The van der Waals surface area contributed by atoms with Crippen molar-refractivity contribution in [3.63, 3.8) is 0 Å². The van der Waals surface area contributed by atoms with Crippen LogP contribution in [0.2, 0.25) is 0 Å². The summed E-state index contributed by atoms with van der Waals surface area (Å²) in [6, 6.07) is 20.7. The van der Waals surface area contributed by atoms with Crippen LogP contribution in [0.25, 0.3) is 0 Å². The molecule has 0 fully saturated rings. The third kappa shape index (κ3) is 3.67. The van der Waals surface area contributed by atoms with Crippen molar-refractivity contribution in [3.8, 4) is 11.5 Å². The number of nitrogens with zero attached hydrogens (tertiary/aromatic N) is 1. The minimum absolute atomic E-state index is 0.164. The molecule has 1 aromatic heterocycles. The lowest BCUT2D eigenvalue weighted by Crippen LogP contribution is -2.31. The van der Waals surface area contributed by atoms with Gasteiger partial charge in [-0.15, -0.1) is 0 Å². The Morgan fingerprint density at radius 3 is 2.85 bits per heavy atom. The summed E-state index contributed by atoms with van der Waals surface area (Å²) in [6.45, 7) is 0.374. The van der Waals surface area contributed by atoms with Gasteiger partial charge in [-0.25, -0.2) is 0 Å². The molecule has 130 valence electrons. The molecule has 0 unspecified atom stereocenters. The van der Waals surface area contributed by atoms with E-state index in [2.05, 4.69) is 10.3 Å². The van der Waals surface area contributed by atoms with Gasteiger partial charge in [-0.1, -0.05) is 30.3 Å². The lowest BCUT2D eigenvalue weighted by molar-refractivity contribution is -0.122. The molecule has 0 aliphatic carbocycles. The maximum absolute atomic E-state index is 12.5. The molecule has 0 saturated heterocycles. The Balaban J connectivity index is 1.37. The zero-order chi connectivity index (χ0) is 17.8. The number of hydrogen-bond acceptors (Lipinski definition) is 4. The highest BCUT2D eigenvalue weighted by atomic mass is 16.5. The molecule has 26 heavy (non-hydrogen) atoms. The lowest BCUT2D eigenvalue weighted by atomic mass is 10.1. The first kappa shape index (κ1) is 16.1. The Morgan fingerprint density at radius 2 is 2.00 bits per heavy atom. The Bertz CT molecular complexity index is 887. The van der Waals surface area contributed by atoms with E-state index < -0.39 is 6.10 Å². The Morgan fingerprint density at radius 1 is 1.12 bits per heavy atom. The number of anilines is 1. The van der Waals surface area contributed by atoms with E-state index in [0.29, 0.717) is 24.5 Å². The van der Waals surface area contributed by atoms with Crippen molar-refractivity contribution < 1.29 is 14.3 Å². The number of aromatic nitrogens is 1. The molecular weight excluding hydrogens is 328 g/mol. The number of fused-ring (bicyclic) bond motifs is 1. The van der Waals surface area contributed by atoms with E-state index >= 15 is 0 Å². The van der Waals surface area contributed by atoms with Gasteiger partial charge in [0.1, 0.15) is 18.1 Å². The molecule has 5 nitrogen and oxygen atoms in total. The predicted molar refractivity (Wildman–Crippen MR) is 98.2 cm³/mol. The summed E-state index contributed by atoms with van der Waals surface area (Å²) >= 11 is 0. The molecular formula is C21H18N2O3. The molecule has 3 aromatic rings. The van der Waals surface area contributed by atoms with Crippen LogP contribution in [0.1, 0.15) is 11.3 Å². The SMILES string of the molecule is O=C(Nc1cccc(OCc2ccccn2)c1)[C@@H]1Cc2ccccc2O1. The van der Waals surface area contributed by atoms with Crippen LogP contribution in [0.15, 0.2) is 72.9 Å². The van der Waals surface area contributed by atoms with Crippen molar-refractivity contribution in [3.05, 3.63) is 84.2 Å². The third-order valence-corrected chi connectivity index (χ3v) is 4.15. The van der Waals surface area contributed by atoms with Crippen LogP contribution >= 0.6 is 0 Å². The number of nitrogens with one attached hydrogen (secondary N) is 1. The fraction of sp³-hybridized carbons (Fsp3) is 0.143. The van der Waals surface area contributed by atoms with E-state index in [-0.39, 0.29) is 5.91 Å². The molecule has 0 bridgehead atoms. The van der Waals surface area contributed by atoms with E-state index in [1.54, 1.807) is 12.3 Å². The second kappa shape index (κ2) is 7.27. The molecule has 1 aliphatic heterocycles. The normalized spacial score (nSPS) is 15.0. The minimum atomic E-state index is -0.509. The molecule has 2 aromatic carbocycles. The Hall–Kier alpha value is -3.34. The van der Waals surface area contributed by atoms with Crippen molar-refractivity contribution in [2.75, 3.05) is 5.32 Å². The van der Waals surface area contributed by atoms with Gasteiger partial charge in [0.15, 0.2) is 6.10 Å². The maximum Gasteiger partial charge on any atom is 0.265 e. The summed E-state index contributed by atoms with van der Waals surface area (Å²) in [7, 11) is 0. The molecule has 5 heteroatoms. The van der Waals surface area contributed by atoms with E-state index in [0.717, 1.165) is 17.0 Å². The van der Waals surface area contributed by atoms with Crippen molar-refractivity contribution in [2.45, 2.75) is 19.1 Å². The molecule has 1 atom stereocenters. The average molecular weight is 346 g/mol. The predicted octanol–water partition coefficient (Wildman–Crippen LogP) is 3.60. The summed E-state index contributed by atoms with van der Waals surface area (Å²) in [6.07, 6.45) is 1.80. The van der Waals surface area contributed by atoms with Gasteiger partial charge < -0.3 is 14.8 Å². The van der Waals surface area contributed by atoms with Gasteiger partial charge in [0.2, 0.25) is 0 Å². The van der Waals surface area contributed by atoms with Gasteiger partial charge >= 0.3 is 0 Å². The van der Waals surface area contributed by atoms with Crippen LogP contribution in [0.5, 0.6) is 11.5 Å². The quantitative estimate of drug-likeness (QED) is 0.767. The molecule has 1 N–H and O–H groups in total. The number of para-hydroxylation sites is 1. The summed E-state index contributed by atoms with van der Waals surface area (Å²) in [5.74, 6) is 1.28. The Kier molecular flexibility index (Phi) is 4.51. The molecule has 0 spiro atoms.